The molecule has 0 saturated carbocycles. The first kappa shape index (κ1) is 10.7. The maximum Gasteiger partial charge on any atom is 0.328 e. The maximum absolute atomic E-state index is 12.1. The van der Waals surface area contributed by atoms with E-state index in [1.807, 2.05) is 0 Å². The molecule has 0 bridgehead atoms. The maximum atomic E-state index is 12.1. The summed E-state index contributed by atoms with van der Waals surface area (Å²) < 4.78 is 13.2. The fourth-order valence-electron chi connectivity index (χ4n) is 1.89. The highest BCUT2D eigenvalue weighted by molar-refractivity contribution is 5.92. The summed E-state index contributed by atoms with van der Waals surface area (Å²) in [5.41, 5.74) is 0.298. The number of carbonyl (C=O) groups excluding carboxylic acids is 1. The highest BCUT2D eigenvalue weighted by Crippen LogP contribution is 2.14. The largest absolute Gasteiger partial charge is 0.371 e. The second-order valence-corrected chi connectivity index (χ2v) is 4.53. The Labute approximate surface area is 97.7 Å². The molecule has 6 nitrogen and oxygen atoms in total. The van der Waals surface area contributed by atoms with Crippen molar-refractivity contribution in [2.45, 2.75) is 32.2 Å². The standard InChI is InChI=1S/C11H14N2O4/c1-7(14)10-4-12(2-8-5-16-8)11(15)13(10)3-9-6-17-9/h4,8-9H,2-3,5-6H2,1H3. The van der Waals surface area contributed by atoms with E-state index in [1.165, 1.54) is 11.5 Å². The first-order chi connectivity index (χ1) is 8.15. The molecule has 2 fully saturated rings. The quantitative estimate of drug-likeness (QED) is 0.519. The minimum Gasteiger partial charge on any atom is -0.371 e. The number of Topliss-reactive ketones (excluding diaryl/α,β-unsaturated/α-hetero) is 1. The minimum atomic E-state index is -0.152. The molecule has 0 amide bonds. The molecule has 92 valence electrons. The van der Waals surface area contributed by atoms with Gasteiger partial charge in [0.1, 0.15) is 5.69 Å². The lowest BCUT2D eigenvalue weighted by atomic mass is 10.3. The van der Waals surface area contributed by atoms with Gasteiger partial charge in [0.2, 0.25) is 0 Å². The second-order valence-electron chi connectivity index (χ2n) is 4.53. The number of rotatable bonds is 5. The highest BCUT2D eigenvalue weighted by Gasteiger charge is 2.29. The molecule has 3 rings (SSSR count). The molecule has 1 aromatic heterocycles. The van der Waals surface area contributed by atoms with Crippen molar-refractivity contribution in [3.05, 3.63) is 22.4 Å². The lowest BCUT2D eigenvalue weighted by Gasteiger charge is -2.01. The summed E-state index contributed by atoms with van der Waals surface area (Å²) in [6.07, 6.45) is 1.83. The van der Waals surface area contributed by atoms with Gasteiger partial charge >= 0.3 is 5.69 Å². The Bertz CT molecular complexity index is 508. The van der Waals surface area contributed by atoms with E-state index < -0.39 is 0 Å². The molecule has 0 aromatic carbocycles. The zero-order valence-corrected chi connectivity index (χ0v) is 9.59. The highest BCUT2D eigenvalue weighted by atomic mass is 16.6. The van der Waals surface area contributed by atoms with Crippen molar-refractivity contribution in [2.24, 2.45) is 0 Å². The van der Waals surface area contributed by atoms with E-state index in [2.05, 4.69) is 0 Å². The Hall–Kier alpha value is -1.40. The summed E-state index contributed by atoms with van der Waals surface area (Å²) in [6, 6.07) is 0. The number of ether oxygens (including phenoxy) is 2. The van der Waals surface area contributed by atoms with Gasteiger partial charge in [0.25, 0.3) is 0 Å². The van der Waals surface area contributed by atoms with Gasteiger partial charge < -0.3 is 9.47 Å². The third-order valence-corrected chi connectivity index (χ3v) is 3.00. The zero-order chi connectivity index (χ0) is 12.0. The van der Waals surface area contributed by atoms with Crippen LogP contribution in [-0.4, -0.2) is 40.3 Å². The van der Waals surface area contributed by atoms with Crippen LogP contribution in [0.5, 0.6) is 0 Å². The molecule has 1 aromatic rings. The summed E-state index contributed by atoms with van der Waals surface area (Å²) in [7, 11) is 0. The van der Waals surface area contributed by atoms with E-state index in [1.54, 1.807) is 10.8 Å². The van der Waals surface area contributed by atoms with Crippen molar-refractivity contribution < 1.29 is 14.3 Å². The number of epoxide rings is 2. The number of nitrogens with zero attached hydrogens (tertiary/aromatic N) is 2. The topological polar surface area (TPSA) is 69.1 Å². The molecule has 3 heterocycles. The lowest BCUT2D eigenvalue weighted by molar-refractivity contribution is 0.100. The van der Waals surface area contributed by atoms with Gasteiger partial charge in [0.15, 0.2) is 5.78 Å². The molecule has 0 N–H and O–H groups in total. The fraction of sp³-hybridized carbons (Fsp3) is 0.636. The van der Waals surface area contributed by atoms with Gasteiger partial charge in [-0.1, -0.05) is 0 Å². The van der Waals surface area contributed by atoms with E-state index in [-0.39, 0.29) is 23.7 Å². The molecule has 17 heavy (non-hydrogen) atoms. The minimum absolute atomic E-state index is 0.0822. The summed E-state index contributed by atoms with van der Waals surface area (Å²) in [6.45, 7) is 3.82. The van der Waals surface area contributed by atoms with Crippen molar-refractivity contribution in [3.63, 3.8) is 0 Å². The molecule has 6 heteroatoms. The molecule has 2 unspecified atom stereocenters. The van der Waals surface area contributed by atoms with E-state index >= 15 is 0 Å². The Morgan fingerprint density at radius 1 is 1.35 bits per heavy atom. The smallest absolute Gasteiger partial charge is 0.328 e. The Morgan fingerprint density at radius 3 is 2.47 bits per heavy atom. The fourth-order valence-corrected chi connectivity index (χ4v) is 1.89. The number of hydrogen-bond donors (Lipinski definition) is 0. The van der Waals surface area contributed by atoms with Crippen LogP contribution in [0.1, 0.15) is 17.4 Å². The van der Waals surface area contributed by atoms with Crippen LogP contribution < -0.4 is 5.69 Å². The summed E-state index contributed by atoms with van der Waals surface area (Å²) in [5.74, 6) is -0.0989. The Balaban J connectivity index is 1.93. The monoisotopic (exact) mass is 238 g/mol. The average Bonchev–Trinajstić information content (AvgIpc) is 3.14. The van der Waals surface area contributed by atoms with Gasteiger partial charge in [-0.2, -0.15) is 0 Å². The third kappa shape index (κ3) is 2.18. The van der Waals surface area contributed by atoms with Crippen LogP contribution in [0.15, 0.2) is 11.0 Å². The molecular formula is C11H14N2O4. The van der Waals surface area contributed by atoms with E-state index in [0.29, 0.717) is 32.0 Å². The first-order valence-corrected chi connectivity index (χ1v) is 5.69. The first-order valence-electron chi connectivity index (χ1n) is 5.69. The summed E-state index contributed by atoms with van der Waals surface area (Å²) >= 11 is 0. The van der Waals surface area contributed by atoms with Gasteiger partial charge in [-0.05, 0) is 0 Å². The zero-order valence-electron chi connectivity index (χ0n) is 9.59. The molecule has 0 spiro atoms. The predicted molar refractivity (Wildman–Crippen MR) is 58.2 cm³/mol. The van der Waals surface area contributed by atoms with Gasteiger partial charge in [-0.25, -0.2) is 4.79 Å². The van der Waals surface area contributed by atoms with Gasteiger partial charge in [-0.15, -0.1) is 0 Å². The van der Waals surface area contributed by atoms with E-state index in [9.17, 15) is 9.59 Å². The number of imidazole rings is 1. The molecule has 2 aliphatic rings. The van der Waals surface area contributed by atoms with Crippen LogP contribution in [0.2, 0.25) is 0 Å². The molecule has 2 saturated heterocycles. The lowest BCUT2D eigenvalue weighted by Crippen LogP contribution is -2.28. The van der Waals surface area contributed by atoms with Crippen molar-refractivity contribution in [3.8, 4) is 0 Å². The SMILES string of the molecule is CC(=O)c1cn(CC2CO2)c(=O)n1CC1CO1. The normalized spacial score (nSPS) is 25.9. The summed E-state index contributed by atoms with van der Waals surface area (Å²) in [4.78, 5) is 23.6. The Morgan fingerprint density at radius 2 is 1.94 bits per heavy atom. The van der Waals surface area contributed by atoms with Gasteiger partial charge in [0.05, 0.1) is 38.5 Å². The van der Waals surface area contributed by atoms with E-state index in [4.69, 9.17) is 9.47 Å². The number of hydrogen-bond acceptors (Lipinski definition) is 4. The van der Waals surface area contributed by atoms with Crippen molar-refractivity contribution in [1.82, 2.24) is 9.13 Å². The number of aromatic nitrogens is 2. The predicted octanol–water partition coefficient (Wildman–Crippen LogP) is -0.350. The van der Waals surface area contributed by atoms with Crippen LogP contribution in [0, 0.1) is 0 Å². The van der Waals surface area contributed by atoms with Crippen LogP contribution >= 0.6 is 0 Å². The van der Waals surface area contributed by atoms with Crippen LogP contribution in [0.4, 0.5) is 0 Å². The number of carbonyl (C=O) groups is 1. The van der Waals surface area contributed by atoms with E-state index in [0.717, 1.165) is 0 Å². The van der Waals surface area contributed by atoms with Crippen LogP contribution in [-0.2, 0) is 22.6 Å². The second kappa shape index (κ2) is 3.82. The molecule has 2 aliphatic heterocycles. The van der Waals surface area contributed by atoms with Crippen molar-refractivity contribution in [2.75, 3.05) is 13.2 Å². The number of ketones is 1. The van der Waals surface area contributed by atoms with Crippen LogP contribution in [0.25, 0.3) is 0 Å². The van der Waals surface area contributed by atoms with Gasteiger partial charge in [-0.3, -0.25) is 13.9 Å². The molecule has 0 radical (unpaired) electrons. The van der Waals surface area contributed by atoms with Gasteiger partial charge in [0, 0.05) is 13.1 Å². The van der Waals surface area contributed by atoms with Crippen LogP contribution in [0.3, 0.4) is 0 Å². The van der Waals surface area contributed by atoms with Crippen molar-refractivity contribution in [1.29, 1.82) is 0 Å². The Kier molecular flexibility index (Phi) is 2.41. The summed E-state index contributed by atoms with van der Waals surface area (Å²) in [5, 5.41) is 0. The molecular weight excluding hydrogens is 224 g/mol. The third-order valence-electron chi connectivity index (χ3n) is 3.00. The molecule has 2 atom stereocenters. The van der Waals surface area contributed by atoms with Crippen molar-refractivity contribution >= 4 is 5.78 Å². The average molecular weight is 238 g/mol. The molecule has 0 aliphatic carbocycles.